The van der Waals surface area contributed by atoms with Gasteiger partial charge in [0.25, 0.3) is 5.91 Å². The Morgan fingerprint density at radius 2 is 1.90 bits per heavy atom. The SMILES string of the molecule is Cc1ccc(C(=O)N[C@@H](C)C(=O)NCc2ccco2)cc1. The van der Waals surface area contributed by atoms with E-state index < -0.39 is 6.04 Å². The predicted molar refractivity (Wildman–Crippen MR) is 78.7 cm³/mol. The van der Waals surface area contributed by atoms with Crippen molar-refractivity contribution in [2.24, 2.45) is 0 Å². The van der Waals surface area contributed by atoms with Gasteiger partial charge >= 0.3 is 0 Å². The standard InChI is InChI=1S/C16H18N2O3/c1-11-5-7-13(8-6-11)16(20)18-12(2)15(19)17-10-14-4-3-9-21-14/h3-9,12H,10H2,1-2H3,(H,17,19)(H,18,20)/t12-/m0/s1. The lowest BCUT2D eigenvalue weighted by atomic mass is 10.1. The molecule has 0 bridgehead atoms. The van der Waals surface area contributed by atoms with Gasteiger partial charge < -0.3 is 15.1 Å². The van der Waals surface area contributed by atoms with Crippen LogP contribution in [0.15, 0.2) is 47.1 Å². The second kappa shape index (κ2) is 6.74. The zero-order chi connectivity index (χ0) is 15.2. The van der Waals surface area contributed by atoms with Crippen molar-refractivity contribution in [3.63, 3.8) is 0 Å². The molecule has 1 aromatic heterocycles. The number of nitrogens with one attached hydrogen (secondary N) is 2. The quantitative estimate of drug-likeness (QED) is 0.883. The van der Waals surface area contributed by atoms with Crippen LogP contribution < -0.4 is 10.6 Å². The summed E-state index contributed by atoms with van der Waals surface area (Å²) in [6.45, 7) is 3.90. The van der Waals surface area contributed by atoms with Gasteiger partial charge in [-0.05, 0) is 38.1 Å². The maximum absolute atomic E-state index is 12.0. The highest BCUT2D eigenvalue weighted by atomic mass is 16.3. The minimum absolute atomic E-state index is 0.258. The average Bonchev–Trinajstić information content (AvgIpc) is 2.98. The highest BCUT2D eigenvalue weighted by Gasteiger charge is 2.16. The Morgan fingerprint density at radius 3 is 2.52 bits per heavy atom. The van der Waals surface area contributed by atoms with Crippen LogP contribution in [-0.4, -0.2) is 17.9 Å². The van der Waals surface area contributed by atoms with Crippen LogP contribution >= 0.6 is 0 Å². The molecule has 2 amide bonds. The molecule has 5 nitrogen and oxygen atoms in total. The maximum atomic E-state index is 12.0. The smallest absolute Gasteiger partial charge is 0.251 e. The summed E-state index contributed by atoms with van der Waals surface area (Å²) in [5.41, 5.74) is 1.61. The topological polar surface area (TPSA) is 71.3 Å². The third-order valence-corrected chi connectivity index (χ3v) is 3.07. The molecule has 5 heteroatoms. The van der Waals surface area contributed by atoms with Crippen molar-refractivity contribution in [3.8, 4) is 0 Å². The van der Waals surface area contributed by atoms with Crippen LogP contribution in [0.4, 0.5) is 0 Å². The van der Waals surface area contributed by atoms with Gasteiger partial charge in [0.15, 0.2) is 0 Å². The summed E-state index contributed by atoms with van der Waals surface area (Å²) in [6.07, 6.45) is 1.55. The van der Waals surface area contributed by atoms with Gasteiger partial charge in [-0.1, -0.05) is 17.7 Å². The van der Waals surface area contributed by atoms with Crippen molar-refractivity contribution in [2.45, 2.75) is 26.4 Å². The van der Waals surface area contributed by atoms with E-state index in [9.17, 15) is 9.59 Å². The Bertz CT molecular complexity index is 603. The van der Waals surface area contributed by atoms with Crippen LogP contribution in [-0.2, 0) is 11.3 Å². The van der Waals surface area contributed by atoms with E-state index in [1.807, 2.05) is 19.1 Å². The third-order valence-electron chi connectivity index (χ3n) is 3.07. The maximum Gasteiger partial charge on any atom is 0.251 e. The first-order valence-corrected chi connectivity index (χ1v) is 6.74. The summed E-state index contributed by atoms with van der Waals surface area (Å²) in [5.74, 6) is 0.142. The third kappa shape index (κ3) is 4.21. The van der Waals surface area contributed by atoms with Gasteiger partial charge in [0.2, 0.25) is 5.91 Å². The van der Waals surface area contributed by atoms with E-state index in [4.69, 9.17) is 4.42 Å². The number of furan rings is 1. The molecule has 0 aliphatic rings. The summed E-state index contributed by atoms with van der Waals surface area (Å²) >= 11 is 0. The number of carbonyl (C=O) groups is 2. The van der Waals surface area contributed by atoms with Crippen molar-refractivity contribution < 1.29 is 14.0 Å². The number of aryl methyl sites for hydroxylation is 1. The van der Waals surface area contributed by atoms with Crippen LogP contribution in [0.5, 0.6) is 0 Å². The van der Waals surface area contributed by atoms with Crippen LogP contribution in [0.2, 0.25) is 0 Å². The van der Waals surface area contributed by atoms with Gasteiger partial charge in [0, 0.05) is 5.56 Å². The van der Waals surface area contributed by atoms with Crippen LogP contribution in [0, 0.1) is 6.92 Å². The molecule has 0 radical (unpaired) electrons. The van der Waals surface area contributed by atoms with Gasteiger partial charge in [0.1, 0.15) is 11.8 Å². The van der Waals surface area contributed by atoms with Crippen LogP contribution in [0.3, 0.4) is 0 Å². The number of rotatable bonds is 5. The molecule has 2 rings (SSSR count). The van der Waals surface area contributed by atoms with Crippen molar-refractivity contribution >= 4 is 11.8 Å². The molecule has 0 unspecified atom stereocenters. The fourth-order valence-corrected chi connectivity index (χ4v) is 1.79. The molecule has 0 fully saturated rings. The summed E-state index contributed by atoms with van der Waals surface area (Å²) in [4.78, 5) is 23.9. The lowest BCUT2D eigenvalue weighted by Crippen LogP contribution is -2.44. The summed E-state index contributed by atoms with van der Waals surface area (Å²) < 4.78 is 5.12. The van der Waals surface area contributed by atoms with Crippen molar-refractivity contribution in [2.75, 3.05) is 0 Å². The zero-order valence-electron chi connectivity index (χ0n) is 12.1. The van der Waals surface area contributed by atoms with Gasteiger partial charge in [0.05, 0.1) is 12.8 Å². The normalized spacial score (nSPS) is 11.7. The second-order valence-electron chi connectivity index (χ2n) is 4.86. The molecule has 1 aromatic carbocycles. The van der Waals surface area contributed by atoms with E-state index in [0.29, 0.717) is 17.9 Å². The molecular weight excluding hydrogens is 268 g/mol. The van der Waals surface area contributed by atoms with Gasteiger partial charge in [-0.3, -0.25) is 9.59 Å². The van der Waals surface area contributed by atoms with E-state index in [0.717, 1.165) is 5.56 Å². The molecule has 0 spiro atoms. The van der Waals surface area contributed by atoms with Crippen molar-refractivity contribution in [1.82, 2.24) is 10.6 Å². The molecule has 0 saturated carbocycles. The zero-order valence-corrected chi connectivity index (χ0v) is 12.1. The molecule has 2 aromatic rings. The molecule has 0 aliphatic carbocycles. The average molecular weight is 286 g/mol. The number of hydrogen-bond acceptors (Lipinski definition) is 3. The lowest BCUT2D eigenvalue weighted by molar-refractivity contribution is -0.122. The molecule has 2 N–H and O–H groups in total. The van der Waals surface area contributed by atoms with E-state index in [1.165, 1.54) is 0 Å². The van der Waals surface area contributed by atoms with Gasteiger partial charge in [-0.2, -0.15) is 0 Å². The monoisotopic (exact) mass is 286 g/mol. The first-order chi connectivity index (χ1) is 10.1. The van der Waals surface area contributed by atoms with Crippen molar-refractivity contribution in [3.05, 3.63) is 59.5 Å². The largest absolute Gasteiger partial charge is 0.467 e. The van der Waals surface area contributed by atoms with Gasteiger partial charge in [-0.15, -0.1) is 0 Å². The number of hydrogen-bond donors (Lipinski definition) is 2. The number of carbonyl (C=O) groups excluding carboxylic acids is 2. The van der Waals surface area contributed by atoms with Crippen LogP contribution in [0.1, 0.15) is 28.6 Å². The highest BCUT2D eigenvalue weighted by Crippen LogP contribution is 2.03. The highest BCUT2D eigenvalue weighted by molar-refractivity contribution is 5.97. The fourth-order valence-electron chi connectivity index (χ4n) is 1.79. The number of amides is 2. The van der Waals surface area contributed by atoms with E-state index >= 15 is 0 Å². The Morgan fingerprint density at radius 1 is 1.19 bits per heavy atom. The Hall–Kier alpha value is -2.56. The fraction of sp³-hybridized carbons (Fsp3) is 0.250. The molecule has 1 heterocycles. The van der Waals surface area contributed by atoms with E-state index in [2.05, 4.69) is 10.6 Å². The molecule has 0 aliphatic heterocycles. The van der Waals surface area contributed by atoms with E-state index in [-0.39, 0.29) is 11.8 Å². The molecule has 21 heavy (non-hydrogen) atoms. The Kier molecular flexibility index (Phi) is 4.77. The Labute approximate surface area is 123 Å². The second-order valence-corrected chi connectivity index (χ2v) is 4.86. The van der Waals surface area contributed by atoms with Crippen molar-refractivity contribution in [1.29, 1.82) is 0 Å². The van der Waals surface area contributed by atoms with Crippen LogP contribution in [0.25, 0.3) is 0 Å². The molecule has 1 atom stereocenters. The number of benzene rings is 1. The summed E-state index contributed by atoms with van der Waals surface area (Å²) in [5, 5.41) is 5.37. The van der Waals surface area contributed by atoms with E-state index in [1.54, 1.807) is 37.5 Å². The molecular formula is C16H18N2O3. The molecule has 0 saturated heterocycles. The minimum Gasteiger partial charge on any atom is -0.467 e. The first kappa shape index (κ1) is 14.8. The lowest BCUT2D eigenvalue weighted by Gasteiger charge is -2.13. The first-order valence-electron chi connectivity index (χ1n) is 6.74. The predicted octanol–water partition coefficient (Wildman–Crippen LogP) is 2.02. The molecule has 110 valence electrons. The summed E-state index contributed by atoms with van der Waals surface area (Å²) in [7, 11) is 0. The minimum atomic E-state index is -0.617. The van der Waals surface area contributed by atoms with Gasteiger partial charge in [-0.25, -0.2) is 0 Å². The Balaban J connectivity index is 1.85. The summed E-state index contributed by atoms with van der Waals surface area (Å²) in [6, 6.07) is 10.1.